The number of hydrogen-bond donors (Lipinski definition) is 0. The van der Waals surface area contributed by atoms with E-state index in [0.29, 0.717) is 39.3 Å². The number of aromatic nitrogens is 2. The lowest BCUT2D eigenvalue weighted by Gasteiger charge is -2.40. The number of rotatable bonds is 3. The van der Waals surface area contributed by atoms with Crippen LogP contribution < -0.4 is 0 Å². The zero-order chi connectivity index (χ0) is 15.8. The molecule has 0 spiro atoms. The minimum Gasteiger partial charge on any atom is -0.381 e. The summed E-state index contributed by atoms with van der Waals surface area (Å²) in [5, 5.41) is 4.22. The zero-order valence-electron chi connectivity index (χ0n) is 13.1. The van der Waals surface area contributed by atoms with Gasteiger partial charge in [-0.15, -0.1) is 0 Å². The Morgan fingerprint density at radius 3 is 2.65 bits per heavy atom. The first-order valence-corrected chi connectivity index (χ1v) is 8.37. The Balaban J connectivity index is 1.32. The van der Waals surface area contributed by atoms with Gasteiger partial charge in [0.15, 0.2) is 0 Å². The van der Waals surface area contributed by atoms with Gasteiger partial charge in [-0.25, -0.2) is 0 Å². The largest absolute Gasteiger partial charge is 0.381 e. The lowest BCUT2D eigenvalue weighted by Crippen LogP contribution is -2.53. The van der Waals surface area contributed by atoms with Gasteiger partial charge in [0.1, 0.15) is 0 Å². The van der Waals surface area contributed by atoms with Gasteiger partial charge in [-0.05, 0) is 18.9 Å². The molecule has 0 aromatic carbocycles. The van der Waals surface area contributed by atoms with E-state index >= 15 is 0 Å². The second-order valence-electron chi connectivity index (χ2n) is 6.67. The van der Waals surface area contributed by atoms with Crippen molar-refractivity contribution in [2.24, 2.45) is 5.92 Å². The van der Waals surface area contributed by atoms with E-state index in [9.17, 15) is 9.59 Å². The molecule has 3 aliphatic rings. The summed E-state index contributed by atoms with van der Waals surface area (Å²) in [4.78, 5) is 28.6. The van der Waals surface area contributed by atoms with Crippen molar-refractivity contribution in [3.63, 3.8) is 0 Å². The Morgan fingerprint density at radius 1 is 1.17 bits per heavy atom. The van der Waals surface area contributed by atoms with Crippen molar-refractivity contribution in [1.29, 1.82) is 0 Å². The van der Waals surface area contributed by atoms with Gasteiger partial charge < -0.3 is 14.5 Å². The molecule has 3 fully saturated rings. The number of amides is 2. The van der Waals surface area contributed by atoms with Crippen LogP contribution in [0.15, 0.2) is 18.5 Å². The third-order valence-electron chi connectivity index (χ3n) is 5.21. The van der Waals surface area contributed by atoms with Crippen molar-refractivity contribution in [2.75, 3.05) is 32.8 Å². The molecule has 124 valence electrons. The highest BCUT2D eigenvalue weighted by atomic mass is 16.5. The van der Waals surface area contributed by atoms with Crippen LogP contribution in [0.1, 0.15) is 25.3 Å². The molecule has 23 heavy (non-hydrogen) atoms. The van der Waals surface area contributed by atoms with E-state index in [4.69, 9.17) is 4.74 Å². The van der Waals surface area contributed by atoms with Crippen LogP contribution in [0.4, 0.5) is 0 Å². The molecule has 0 N–H and O–H groups in total. The molecule has 1 aromatic heterocycles. The predicted octanol–water partition coefficient (Wildman–Crippen LogP) is 0.294. The fraction of sp³-hybridized carbons (Fsp3) is 0.688. The zero-order valence-corrected chi connectivity index (χ0v) is 13.1. The Hall–Kier alpha value is -1.89. The molecule has 1 unspecified atom stereocenters. The highest BCUT2D eigenvalue weighted by Gasteiger charge is 2.42. The second-order valence-corrected chi connectivity index (χ2v) is 6.67. The first-order chi connectivity index (χ1) is 11.2. The molecule has 0 bridgehead atoms. The molecule has 4 rings (SSSR count). The van der Waals surface area contributed by atoms with Crippen LogP contribution in [-0.4, -0.2) is 70.3 Å². The van der Waals surface area contributed by atoms with E-state index in [2.05, 4.69) is 5.10 Å². The molecule has 1 atom stereocenters. The van der Waals surface area contributed by atoms with Crippen molar-refractivity contribution in [3.05, 3.63) is 18.5 Å². The summed E-state index contributed by atoms with van der Waals surface area (Å²) in [5.74, 6) is 0.0691. The summed E-state index contributed by atoms with van der Waals surface area (Å²) in [5.41, 5.74) is 0. The monoisotopic (exact) mass is 318 g/mol. The van der Waals surface area contributed by atoms with Crippen LogP contribution >= 0.6 is 0 Å². The molecule has 0 radical (unpaired) electrons. The molecule has 3 aliphatic heterocycles. The molecule has 0 aliphatic carbocycles. The van der Waals surface area contributed by atoms with Crippen LogP contribution in [-0.2, 0) is 14.3 Å². The Bertz CT molecular complexity index is 576. The Kier molecular flexibility index (Phi) is 3.80. The van der Waals surface area contributed by atoms with E-state index in [1.807, 2.05) is 26.7 Å². The summed E-state index contributed by atoms with van der Waals surface area (Å²) in [7, 11) is 0. The van der Waals surface area contributed by atoms with Gasteiger partial charge in [-0.3, -0.25) is 14.3 Å². The standard InChI is InChI=1S/C16H22N4O3/c21-15-8-12(9-19(15)13-2-6-23-7-3-13)16(22)18-10-14(11-18)20-5-1-4-17-20/h1,4-5,12-14H,2-3,6-11H2. The number of likely N-dealkylation sites (tertiary alicyclic amines) is 2. The van der Waals surface area contributed by atoms with E-state index in [-0.39, 0.29) is 29.8 Å². The molecular formula is C16H22N4O3. The molecule has 3 saturated heterocycles. The molecule has 2 amide bonds. The molecular weight excluding hydrogens is 296 g/mol. The van der Waals surface area contributed by atoms with Gasteiger partial charge in [-0.1, -0.05) is 0 Å². The van der Waals surface area contributed by atoms with Gasteiger partial charge >= 0.3 is 0 Å². The maximum Gasteiger partial charge on any atom is 0.228 e. The van der Waals surface area contributed by atoms with E-state index in [1.54, 1.807) is 6.20 Å². The average molecular weight is 318 g/mol. The van der Waals surface area contributed by atoms with Crippen molar-refractivity contribution in [3.8, 4) is 0 Å². The lowest BCUT2D eigenvalue weighted by atomic mass is 10.0. The van der Waals surface area contributed by atoms with Gasteiger partial charge in [0.25, 0.3) is 0 Å². The minimum absolute atomic E-state index is 0.122. The predicted molar refractivity (Wildman–Crippen MR) is 81.5 cm³/mol. The topological polar surface area (TPSA) is 67.7 Å². The van der Waals surface area contributed by atoms with Crippen molar-refractivity contribution >= 4 is 11.8 Å². The van der Waals surface area contributed by atoms with Crippen LogP contribution in [0.2, 0.25) is 0 Å². The fourth-order valence-electron chi connectivity index (χ4n) is 3.80. The van der Waals surface area contributed by atoms with Crippen LogP contribution in [0, 0.1) is 5.92 Å². The summed E-state index contributed by atoms with van der Waals surface area (Å²) < 4.78 is 7.26. The van der Waals surface area contributed by atoms with Crippen LogP contribution in [0.5, 0.6) is 0 Å². The number of carbonyl (C=O) groups excluding carboxylic acids is 2. The molecule has 7 nitrogen and oxygen atoms in total. The third kappa shape index (κ3) is 2.73. The molecule has 7 heteroatoms. The molecule has 0 saturated carbocycles. The number of nitrogens with zero attached hydrogens (tertiary/aromatic N) is 4. The first-order valence-electron chi connectivity index (χ1n) is 8.37. The Morgan fingerprint density at radius 2 is 1.96 bits per heavy atom. The molecule has 4 heterocycles. The van der Waals surface area contributed by atoms with Gasteiger partial charge in [0, 0.05) is 57.7 Å². The minimum atomic E-state index is -0.177. The first kappa shape index (κ1) is 14.7. The van der Waals surface area contributed by atoms with E-state index in [1.165, 1.54) is 0 Å². The average Bonchev–Trinajstić information content (AvgIpc) is 3.16. The summed E-state index contributed by atoms with van der Waals surface area (Å²) >= 11 is 0. The smallest absolute Gasteiger partial charge is 0.228 e. The van der Waals surface area contributed by atoms with Crippen molar-refractivity contribution in [2.45, 2.75) is 31.3 Å². The van der Waals surface area contributed by atoms with E-state index in [0.717, 1.165) is 12.8 Å². The fourth-order valence-corrected chi connectivity index (χ4v) is 3.80. The number of hydrogen-bond acceptors (Lipinski definition) is 4. The van der Waals surface area contributed by atoms with Gasteiger partial charge in [0.2, 0.25) is 11.8 Å². The van der Waals surface area contributed by atoms with E-state index < -0.39 is 0 Å². The van der Waals surface area contributed by atoms with Crippen molar-refractivity contribution < 1.29 is 14.3 Å². The third-order valence-corrected chi connectivity index (χ3v) is 5.21. The van der Waals surface area contributed by atoms with Crippen molar-refractivity contribution in [1.82, 2.24) is 19.6 Å². The van der Waals surface area contributed by atoms with Gasteiger partial charge in [-0.2, -0.15) is 5.10 Å². The normalized spacial score (nSPS) is 26.6. The summed E-state index contributed by atoms with van der Waals surface area (Å²) in [6.07, 6.45) is 5.82. The van der Waals surface area contributed by atoms with Gasteiger partial charge in [0.05, 0.1) is 12.0 Å². The number of ether oxygens (including phenoxy) is 1. The quantitative estimate of drug-likeness (QED) is 0.803. The maximum atomic E-state index is 12.6. The lowest BCUT2D eigenvalue weighted by molar-refractivity contribution is -0.141. The maximum absolute atomic E-state index is 12.6. The summed E-state index contributed by atoms with van der Waals surface area (Å²) in [6.45, 7) is 3.39. The van der Waals surface area contributed by atoms with Crippen LogP contribution in [0.25, 0.3) is 0 Å². The SMILES string of the molecule is O=C(C1CC(=O)N(C2CCOCC2)C1)N1CC(n2cccn2)C1. The molecule has 1 aromatic rings. The highest BCUT2D eigenvalue weighted by Crippen LogP contribution is 2.29. The number of carbonyl (C=O) groups is 2. The second kappa shape index (κ2) is 5.96. The summed E-state index contributed by atoms with van der Waals surface area (Å²) in [6, 6.07) is 2.42. The highest BCUT2D eigenvalue weighted by molar-refractivity contribution is 5.89. The van der Waals surface area contributed by atoms with Crippen LogP contribution in [0.3, 0.4) is 0 Å². The Labute approximate surface area is 135 Å².